The molecule has 0 unspecified atom stereocenters. The summed E-state index contributed by atoms with van der Waals surface area (Å²) in [5, 5.41) is 0. The fraction of sp³-hybridized carbons (Fsp3) is 0.353. The van der Waals surface area contributed by atoms with Crippen LogP contribution in [0.2, 0.25) is 0 Å². The second-order valence-electron chi connectivity index (χ2n) is 10.1. The standard InChI is InChI=1S/C34H40/c1-3-4-6-9-28-12-14-29(15-13-28)16-17-30-18-22-33(23-19-30)34-24-20-31(21-25-34)26-27(2)32-10-7-5-8-11-32/h3-5,7-8,10-19,22-23,27,31,34H,6,9,20-21,24-26H2,1-2H3/b4-3+,17-16?/t27-,31?,34?/m0/s1. The third kappa shape index (κ3) is 7.07. The first-order valence-corrected chi connectivity index (χ1v) is 13.2. The molecule has 0 amide bonds. The van der Waals surface area contributed by atoms with Crippen LogP contribution in [-0.2, 0) is 6.42 Å². The molecule has 1 atom stereocenters. The van der Waals surface area contributed by atoms with E-state index in [-0.39, 0.29) is 0 Å². The highest BCUT2D eigenvalue weighted by Crippen LogP contribution is 2.39. The molecule has 0 nitrogen and oxygen atoms in total. The van der Waals surface area contributed by atoms with Gasteiger partial charge in [0.25, 0.3) is 0 Å². The Labute approximate surface area is 207 Å². The van der Waals surface area contributed by atoms with Crippen LogP contribution in [0.25, 0.3) is 12.2 Å². The molecule has 176 valence electrons. The summed E-state index contributed by atoms with van der Waals surface area (Å²) in [5.74, 6) is 2.28. The molecule has 1 fully saturated rings. The Bertz CT molecular complexity index is 1030. The number of hydrogen-bond acceptors (Lipinski definition) is 0. The molecule has 4 rings (SSSR count). The molecule has 0 bridgehead atoms. The normalized spacial score (nSPS) is 19.6. The molecular formula is C34H40. The van der Waals surface area contributed by atoms with Crippen molar-refractivity contribution in [3.8, 4) is 0 Å². The molecule has 3 aromatic rings. The van der Waals surface area contributed by atoms with E-state index in [1.54, 1.807) is 0 Å². The quantitative estimate of drug-likeness (QED) is 0.226. The number of allylic oxidation sites excluding steroid dienone is 2. The highest BCUT2D eigenvalue weighted by molar-refractivity contribution is 5.69. The maximum Gasteiger partial charge on any atom is -0.0162 e. The van der Waals surface area contributed by atoms with Crippen molar-refractivity contribution in [1.82, 2.24) is 0 Å². The van der Waals surface area contributed by atoms with Gasteiger partial charge in [-0.3, -0.25) is 0 Å². The fourth-order valence-electron chi connectivity index (χ4n) is 5.43. The Balaban J connectivity index is 1.25. The van der Waals surface area contributed by atoms with Gasteiger partial charge in [-0.15, -0.1) is 0 Å². The SMILES string of the molecule is C/C=C/CCc1ccc(C=Cc2ccc(C3CCC(C[C@H](C)c4ccccc4)CC3)cc2)cc1. The zero-order valence-electron chi connectivity index (χ0n) is 21.0. The fourth-order valence-corrected chi connectivity index (χ4v) is 5.43. The van der Waals surface area contributed by atoms with E-state index in [4.69, 9.17) is 0 Å². The highest BCUT2D eigenvalue weighted by atomic mass is 14.3. The van der Waals surface area contributed by atoms with Crippen molar-refractivity contribution in [2.75, 3.05) is 0 Å². The molecule has 1 aliphatic rings. The van der Waals surface area contributed by atoms with Gasteiger partial charge in [0, 0.05) is 0 Å². The van der Waals surface area contributed by atoms with E-state index in [1.807, 2.05) is 0 Å². The van der Waals surface area contributed by atoms with Crippen molar-refractivity contribution in [2.24, 2.45) is 5.92 Å². The zero-order valence-corrected chi connectivity index (χ0v) is 21.0. The zero-order chi connectivity index (χ0) is 23.6. The monoisotopic (exact) mass is 448 g/mol. The second kappa shape index (κ2) is 12.6. The van der Waals surface area contributed by atoms with Gasteiger partial charge in [0.15, 0.2) is 0 Å². The van der Waals surface area contributed by atoms with E-state index >= 15 is 0 Å². The van der Waals surface area contributed by atoms with Crippen molar-refractivity contribution in [2.45, 2.75) is 70.6 Å². The summed E-state index contributed by atoms with van der Waals surface area (Å²) in [4.78, 5) is 0. The number of benzene rings is 3. The average Bonchev–Trinajstić information content (AvgIpc) is 2.90. The van der Waals surface area contributed by atoms with Crippen LogP contribution in [0.3, 0.4) is 0 Å². The Morgan fingerprint density at radius 2 is 1.38 bits per heavy atom. The molecule has 0 heterocycles. The van der Waals surface area contributed by atoms with Crippen molar-refractivity contribution in [3.05, 3.63) is 119 Å². The predicted octanol–water partition coefficient (Wildman–Crippen LogP) is 9.83. The van der Waals surface area contributed by atoms with Crippen LogP contribution in [0.4, 0.5) is 0 Å². The molecule has 0 aromatic heterocycles. The van der Waals surface area contributed by atoms with Gasteiger partial charge in [-0.1, -0.05) is 110 Å². The van der Waals surface area contributed by atoms with Crippen molar-refractivity contribution >= 4 is 12.2 Å². The van der Waals surface area contributed by atoms with E-state index < -0.39 is 0 Å². The van der Waals surface area contributed by atoms with E-state index in [1.165, 1.54) is 59.9 Å². The van der Waals surface area contributed by atoms with Gasteiger partial charge in [-0.05, 0) is 97.4 Å². The first-order chi connectivity index (χ1) is 16.7. The maximum atomic E-state index is 2.40. The van der Waals surface area contributed by atoms with Gasteiger partial charge in [-0.25, -0.2) is 0 Å². The summed E-state index contributed by atoms with van der Waals surface area (Å²) < 4.78 is 0. The lowest BCUT2D eigenvalue weighted by Gasteiger charge is -2.30. The van der Waals surface area contributed by atoms with Crippen LogP contribution in [-0.4, -0.2) is 0 Å². The predicted molar refractivity (Wildman–Crippen MR) is 149 cm³/mol. The lowest BCUT2D eigenvalue weighted by Crippen LogP contribution is -2.15. The Morgan fingerprint density at radius 1 is 0.765 bits per heavy atom. The molecule has 0 heteroatoms. The van der Waals surface area contributed by atoms with E-state index in [2.05, 4.69) is 117 Å². The van der Waals surface area contributed by atoms with Gasteiger partial charge in [0.05, 0.1) is 0 Å². The smallest absolute Gasteiger partial charge is 0.0162 e. The van der Waals surface area contributed by atoms with Gasteiger partial charge >= 0.3 is 0 Å². The third-order valence-electron chi connectivity index (χ3n) is 7.59. The van der Waals surface area contributed by atoms with Crippen LogP contribution in [0.5, 0.6) is 0 Å². The topological polar surface area (TPSA) is 0 Å². The Morgan fingerprint density at radius 3 is 2.00 bits per heavy atom. The summed E-state index contributed by atoms with van der Waals surface area (Å²) in [6, 6.07) is 29.3. The van der Waals surface area contributed by atoms with Crippen LogP contribution < -0.4 is 0 Å². The summed E-state index contributed by atoms with van der Waals surface area (Å²) >= 11 is 0. The number of aryl methyl sites for hydroxylation is 1. The Kier molecular flexibility index (Phi) is 8.97. The molecule has 3 aromatic carbocycles. The number of rotatable bonds is 9. The van der Waals surface area contributed by atoms with Crippen molar-refractivity contribution < 1.29 is 0 Å². The molecule has 0 spiro atoms. The second-order valence-corrected chi connectivity index (χ2v) is 10.1. The molecule has 1 aliphatic carbocycles. The summed E-state index contributed by atoms with van der Waals surface area (Å²) in [5.41, 5.74) is 6.97. The van der Waals surface area contributed by atoms with Gasteiger partial charge < -0.3 is 0 Å². The maximum absolute atomic E-state index is 2.40. The molecule has 0 aliphatic heterocycles. The minimum absolute atomic E-state index is 0.670. The molecular weight excluding hydrogens is 408 g/mol. The van der Waals surface area contributed by atoms with Crippen LogP contribution in [0, 0.1) is 5.92 Å². The lowest BCUT2D eigenvalue weighted by molar-refractivity contribution is 0.297. The van der Waals surface area contributed by atoms with Crippen molar-refractivity contribution in [1.29, 1.82) is 0 Å². The highest BCUT2D eigenvalue weighted by Gasteiger charge is 2.24. The molecule has 1 saturated carbocycles. The van der Waals surface area contributed by atoms with Crippen LogP contribution in [0.15, 0.2) is 91.0 Å². The van der Waals surface area contributed by atoms with Gasteiger partial charge in [0.2, 0.25) is 0 Å². The first kappa shape index (κ1) is 24.3. The lowest BCUT2D eigenvalue weighted by atomic mass is 9.75. The van der Waals surface area contributed by atoms with E-state index in [0.29, 0.717) is 5.92 Å². The van der Waals surface area contributed by atoms with Crippen molar-refractivity contribution in [3.63, 3.8) is 0 Å². The summed E-state index contributed by atoms with van der Waals surface area (Å²) in [7, 11) is 0. The van der Waals surface area contributed by atoms with E-state index in [0.717, 1.165) is 24.7 Å². The van der Waals surface area contributed by atoms with E-state index in [9.17, 15) is 0 Å². The molecule has 0 N–H and O–H groups in total. The molecule has 0 radical (unpaired) electrons. The molecule has 34 heavy (non-hydrogen) atoms. The third-order valence-corrected chi connectivity index (χ3v) is 7.59. The molecule has 0 saturated heterocycles. The van der Waals surface area contributed by atoms with Gasteiger partial charge in [0.1, 0.15) is 0 Å². The van der Waals surface area contributed by atoms with Gasteiger partial charge in [-0.2, -0.15) is 0 Å². The minimum Gasteiger partial charge on any atom is -0.0917 e. The van der Waals surface area contributed by atoms with Crippen LogP contribution >= 0.6 is 0 Å². The first-order valence-electron chi connectivity index (χ1n) is 13.2. The van der Waals surface area contributed by atoms with Crippen LogP contribution in [0.1, 0.15) is 92.0 Å². The summed E-state index contributed by atoms with van der Waals surface area (Å²) in [6.45, 7) is 4.48. The average molecular weight is 449 g/mol. The largest absolute Gasteiger partial charge is 0.0917 e. The minimum atomic E-state index is 0.670. The Hall–Kier alpha value is -2.86. The number of hydrogen-bond donors (Lipinski definition) is 0. The summed E-state index contributed by atoms with van der Waals surface area (Å²) in [6.07, 6.45) is 17.8.